The molecule has 0 saturated carbocycles. The summed E-state index contributed by atoms with van der Waals surface area (Å²) in [7, 11) is 3.31. The van der Waals surface area contributed by atoms with Crippen molar-refractivity contribution in [2.24, 2.45) is 0 Å². The van der Waals surface area contributed by atoms with Gasteiger partial charge in [0.1, 0.15) is 5.75 Å². The van der Waals surface area contributed by atoms with E-state index >= 15 is 0 Å². The van der Waals surface area contributed by atoms with Crippen molar-refractivity contribution >= 4 is 11.9 Å². The first-order chi connectivity index (χ1) is 12.6. The van der Waals surface area contributed by atoms with E-state index in [2.05, 4.69) is 5.32 Å². The van der Waals surface area contributed by atoms with Gasteiger partial charge in [0.2, 0.25) is 0 Å². The Morgan fingerprint density at radius 2 is 2.04 bits per heavy atom. The van der Waals surface area contributed by atoms with Crippen molar-refractivity contribution in [3.05, 3.63) is 41.1 Å². The number of urea groups is 1. The van der Waals surface area contributed by atoms with E-state index in [4.69, 9.17) is 9.47 Å². The molecule has 7 nitrogen and oxygen atoms in total. The lowest BCUT2D eigenvalue weighted by Crippen LogP contribution is -2.45. The van der Waals surface area contributed by atoms with E-state index in [-0.39, 0.29) is 18.0 Å². The lowest BCUT2D eigenvalue weighted by molar-refractivity contribution is -0.127. The summed E-state index contributed by atoms with van der Waals surface area (Å²) in [5.74, 6) is 0.711. The number of nitrogens with zero attached hydrogens (tertiary/aromatic N) is 2. The second-order valence-electron chi connectivity index (χ2n) is 6.90. The molecule has 1 saturated heterocycles. The van der Waals surface area contributed by atoms with Gasteiger partial charge in [0.25, 0.3) is 5.91 Å². The second-order valence-corrected chi connectivity index (χ2v) is 6.90. The molecule has 1 fully saturated rings. The molecule has 26 heavy (non-hydrogen) atoms. The summed E-state index contributed by atoms with van der Waals surface area (Å²) < 4.78 is 10.9. The van der Waals surface area contributed by atoms with Crippen LogP contribution >= 0.6 is 0 Å². The monoisotopic (exact) mass is 357 g/mol. The average molecular weight is 357 g/mol. The quantitative estimate of drug-likeness (QED) is 0.890. The van der Waals surface area contributed by atoms with Gasteiger partial charge in [0.05, 0.1) is 37.1 Å². The largest absolute Gasteiger partial charge is 0.497 e. The van der Waals surface area contributed by atoms with Gasteiger partial charge >= 0.3 is 6.03 Å². The Labute approximate surface area is 152 Å². The maximum Gasteiger partial charge on any atom is 0.322 e. The molecule has 0 aliphatic carbocycles. The van der Waals surface area contributed by atoms with Crippen LogP contribution < -0.4 is 10.1 Å². The Balaban J connectivity index is 1.62. The highest BCUT2D eigenvalue weighted by Gasteiger charge is 2.43. The Morgan fingerprint density at radius 1 is 1.27 bits per heavy atom. The number of amides is 3. The summed E-state index contributed by atoms with van der Waals surface area (Å²) in [6.07, 6.45) is 2.10. The highest BCUT2D eigenvalue weighted by atomic mass is 16.5. The zero-order valence-corrected chi connectivity index (χ0v) is 15.0. The average Bonchev–Trinajstić information content (AvgIpc) is 3.28. The van der Waals surface area contributed by atoms with Gasteiger partial charge in [-0.05, 0) is 30.5 Å². The molecule has 7 heteroatoms. The molecule has 1 N–H and O–H groups in total. The summed E-state index contributed by atoms with van der Waals surface area (Å²) in [5, 5.41) is 2.95. The summed E-state index contributed by atoms with van der Waals surface area (Å²) in [6.45, 7) is 1.78. The number of rotatable bonds is 4. The minimum atomic E-state index is -0.443. The van der Waals surface area contributed by atoms with E-state index in [0.717, 1.165) is 36.5 Å². The molecule has 3 heterocycles. The van der Waals surface area contributed by atoms with Gasteiger partial charge in [-0.2, -0.15) is 0 Å². The van der Waals surface area contributed by atoms with E-state index in [1.165, 1.54) is 0 Å². The van der Waals surface area contributed by atoms with Crippen molar-refractivity contribution < 1.29 is 19.1 Å². The van der Waals surface area contributed by atoms with Gasteiger partial charge in [0.15, 0.2) is 0 Å². The zero-order chi connectivity index (χ0) is 18.3. The summed E-state index contributed by atoms with van der Waals surface area (Å²) >= 11 is 0. The number of nitrogens with one attached hydrogen (secondary N) is 1. The molecule has 3 amide bonds. The summed E-state index contributed by atoms with van der Waals surface area (Å²) in [4.78, 5) is 28.8. The predicted octanol–water partition coefficient (Wildman–Crippen LogP) is 1.67. The van der Waals surface area contributed by atoms with Crippen LogP contribution in [0.1, 0.15) is 24.4 Å². The third-order valence-electron chi connectivity index (χ3n) is 5.33. The fourth-order valence-corrected chi connectivity index (χ4v) is 3.85. The molecule has 4 rings (SSSR count). The number of carbonyl (C=O) groups is 2. The maximum absolute atomic E-state index is 13.1. The van der Waals surface area contributed by atoms with E-state index in [9.17, 15) is 9.59 Å². The van der Waals surface area contributed by atoms with E-state index in [1.54, 1.807) is 24.0 Å². The minimum Gasteiger partial charge on any atom is -0.497 e. The number of hydrogen-bond acceptors (Lipinski definition) is 4. The molecule has 0 bridgehead atoms. The van der Waals surface area contributed by atoms with Crippen molar-refractivity contribution in [3.63, 3.8) is 0 Å². The zero-order valence-electron chi connectivity index (χ0n) is 15.0. The molecule has 3 aliphatic heterocycles. The van der Waals surface area contributed by atoms with Crippen LogP contribution in [-0.2, 0) is 9.53 Å². The molecule has 1 aromatic rings. The molecule has 1 aromatic carbocycles. The van der Waals surface area contributed by atoms with Gasteiger partial charge in [0, 0.05) is 20.2 Å². The molecule has 0 aromatic heterocycles. The van der Waals surface area contributed by atoms with E-state index < -0.39 is 6.04 Å². The topological polar surface area (TPSA) is 71.1 Å². The maximum atomic E-state index is 13.1. The first-order valence-electron chi connectivity index (χ1n) is 8.90. The van der Waals surface area contributed by atoms with E-state index in [1.807, 2.05) is 24.3 Å². The van der Waals surface area contributed by atoms with Crippen molar-refractivity contribution in [1.82, 2.24) is 15.1 Å². The third kappa shape index (κ3) is 2.82. The Morgan fingerprint density at radius 3 is 2.69 bits per heavy atom. The predicted molar refractivity (Wildman–Crippen MR) is 94.6 cm³/mol. The first kappa shape index (κ1) is 16.9. The number of likely N-dealkylation sites (N-methyl/N-ethyl adjacent to an activating group) is 1. The third-order valence-corrected chi connectivity index (χ3v) is 5.33. The Hall–Kier alpha value is -2.54. The molecule has 0 radical (unpaired) electrons. The smallest absolute Gasteiger partial charge is 0.322 e. The number of hydrogen-bond donors (Lipinski definition) is 1. The normalized spacial score (nSPS) is 25.6. The van der Waals surface area contributed by atoms with Crippen LogP contribution in [0.15, 0.2) is 35.5 Å². The van der Waals surface area contributed by atoms with Gasteiger partial charge in [-0.1, -0.05) is 12.1 Å². The highest BCUT2D eigenvalue weighted by Crippen LogP contribution is 2.36. The van der Waals surface area contributed by atoms with Crippen LogP contribution in [0.5, 0.6) is 5.75 Å². The lowest BCUT2D eigenvalue weighted by Gasteiger charge is -2.31. The molecule has 138 valence electrons. The fourth-order valence-electron chi connectivity index (χ4n) is 3.85. The van der Waals surface area contributed by atoms with Gasteiger partial charge < -0.3 is 19.7 Å². The summed E-state index contributed by atoms with van der Waals surface area (Å²) in [6, 6.07) is 6.80. The van der Waals surface area contributed by atoms with Gasteiger partial charge in [-0.25, -0.2) is 4.79 Å². The SMILES string of the molecule is COc1ccc([C@@H]2NC(=O)N(C)C3=C2C(=O)N(C[C@@H]2CCCO2)C3)cc1. The van der Waals surface area contributed by atoms with Crippen LogP contribution in [0.4, 0.5) is 4.79 Å². The first-order valence-corrected chi connectivity index (χ1v) is 8.90. The van der Waals surface area contributed by atoms with Crippen molar-refractivity contribution in [2.75, 3.05) is 33.9 Å². The number of carbonyl (C=O) groups excluding carboxylic acids is 2. The molecule has 0 unspecified atom stereocenters. The standard InChI is InChI=1S/C19H23N3O4/c1-21-15-11-22(10-14-4-3-9-26-14)18(23)16(15)17(20-19(21)24)12-5-7-13(25-2)8-6-12/h5-8,14,17H,3-4,9-11H2,1-2H3,(H,20,24)/t14-,17-/m0/s1. The fraction of sp³-hybridized carbons (Fsp3) is 0.474. The van der Waals surface area contributed by atoms with Crippen molar-refractivity contribution in [3.8, 4) is 5.75 Å². The highest BCUT2D eigenvalue weighted by molar-refractivity contribution is 6.01. The van der Waals surface area contributed by atoms with Crippen LogP contribution in [0.3, 0.4) is 0 Å². The molecule has 2 atom stereocenters. The van der Waals surface area contributed by atoms with Crippen LogP contribution in [0, 0.1) is 0 Å². The molecule has 0 spiro atoms. The van der Waals surface area contributed by atoms with Crippen LogP contribution in [-0.4, -0.2) is 61.7 Å². The summed E-state index contributed by atoms with van der Waals surface area (Å²) in [5.41, 5.74) is 2.29. The molecule has 3 aliphatic rings. The second kappa shape index (κ2) is 6.64. The minimum absolute atomic E-state index is 0.0248. The van der Waals surface area contributed by atoms with Crippen LogP contribution in [0.25, 0.3) is 0 Å². The Bertz CT molecular complexity index is 753. The van der Waals surface area contributed by atoms with Gasteiger partial charge in [-0.3, -0.25) is 9.69 Å². The van der Waals surface area contributed by atoms with Gasteiger partial charge in [-0.15, -0.1) is 0 Å². The molecular formula is C19H23N3O4. The van der Waals surface area contributed by atoms with Crippen LogP contribution in [0.2, 0.25) is 0 Å². The number of benzene rings is 1. The van der Waals surface area contributed by atoms with E-state index in [0.29, 0.717) is 18.7 Å². The lowest BCUT2D eigenvalue weighted by atomic mass is 9.95. The van der Waals surface area contributed by atoms with Crippen molar-refractivity contribution in [1.29, 1.82) is 0 Å². The number of ether oxygens (including phenoxy) is 2. The Kier molecular flexibility index (Phi) is 4.32. The number of methoxy groups -OCH3 is 1. The molecular weight excluding hydrogens is 334 g/mol. The van der Waals surface area contributed by atoms with Crippen molar-refractivity contribution in [2.45, 2.75) is 25.0 Å².